The molecule has 10 heteroatoms. The first-order valence-corrected chi connectivity index (χ1v) is 12.8. The van der Waals surface area contributed by atoms with Crippen LogP contribution in [0, 0.1) is 17.8 Å². The number of aromatic nitrogens is 1. The molecule has 0 radical (unpaired) electrons. The first-order valence-electron chi connectivity index (χ1n) is 12.8. The number of amides is 2. The second-order valence-corrected chi connectivity index (χ2v) is 10.2. The number of alkyl halides is 3. The van der Waals surface area contributed by atoms with Gasteiger partial charge in [0.25, 0.3) is 5.91 Å². The van der Waals surface area contributed by atoms with Crippen molar-refractivity contribution in [3.8, 4) is 0 Å². The van der Waals surface area contributed by atoms with Crippen molar-refractivity contribution < 1.29 is 22.8 Å². The van der Waals surface area contributed by atoms with Crippen molar-refractivity contribution in [1.29, 1.82) is 0 Å². The molecular formula is C25H36F3N5O2. The van der Waals surface area contributed by atoms with Gasteiger partial charge in [0.15, 0.2) is 0 Å². The first kappa shape index (κ1) is 25.7. The summed E-state index contributed by atoms with van der Waals surface area (Å²) >= 11 is 0. The summed E-state index contributed by atoms with van der Waals surface area (Å²) in [5.41, 5.74) is 2.97. The molecule has 1 fully saturated rings. The lowest BCUT2D eigenvalue weighted by molar-refractivity contribution is -0.189. The van der Waals surface area contributed by atoms with Gasteiger partial charge in [0.2, 0.25) is 5.91 Å². The third kappa shape index (κ3) is 6.45. The summed E-state index contributed by atoms with van der Waals surface area (Å²) < 4.78 is 40.0. The second kappa shape index (κ2) is 11.1. The summed E-state index contributed by atoms with van der Waals surface area (Å²) in [6, 6.07) is 1.95. The number of piperidine rings is 1. The average Bonchev–Trinajstić information content (AvgIpc) is 3.26. The summed E-state index contributed by atoms with van der Waals surface area (Å²) in [7, 11) is 2.08. The maximum absolute atomic E-state index is 13.3. The highest BCUT2D eigenvalue weighted by Crippen LogP contribution is 2.37. The Bertz CT molecular complexity index is 921. The van der Waals surface area contributed by atoms with E-state index in [1.165, 1.54) is 11.8 Å². The number of carbonyl (C=O) groups excluding carboxylic acids is 2. The average molecular weight is 496 g/mol. The number of halogens is 3. The van der Waals surface area contributed by atoms with E-state index >= 15 is 0 Å². The number of H-pyrrole nitrogens is 1. The van der Waals surface area contributed by atoms with Gasteiger partial charge in [0, 0.05) is 57.6 Å². The minimum Gasteiger partial charge on any atom is -0.354 e. The van der Waals surface area contributed by atoms with E-state index in [1.807, 2.05) is 6.07 Å². The molecule has 2 amide bonds. The molecule has 0 aliphatic carbocycles. The molecule has 2 unspecified atom stereocenters. The van der Waals surface area contributed by atoms with Crippen molar-refractivity contribution in [3.63, 3.8) is 0 Å². The maximum Gasteiger partial charge on any atom is 0.393 e. The Balaban J connectivity index is 1.13. The fourth-order valence-corrected chi connectivity index (χ4v) is 5.50. The van der Waals surface area contributed by atoms with Gasteiger partial charge in [-0.15, -0.1) is 0 Å². The highest BCUT2D eigenvalue weighted by molar-refractivity contribution is 5.94. The standard InChI is InChI=1S/C25H36F3N5O2/c1-32-11-8-21-18(16-32)14-22(31-21)23(34)30-9-3-2-4-17-6-12-33(13-7-17)24(35)19-15-29-10-5-20(19)25(26,27)28/h14-15,17,19-20,31H,2-13,16H2,1H3,(H,30,34). The molecule has 3 aliphatic heterocycles. The first-order chi connectivity index (χ1) is 16.7. The van der Waals surface area contributed by atoms with E-state index in [9.17, 15) is 22.8 Å². The molecule has 1 aromatic rings. The van der Waals surface area contributed by atoms with Crippen molar-refractivity contribution in [2.45, 2.75) is 57.7 Å². The van der Waals surface area contributed by atoms with Gasteiger partial charge in [-0.1, -0.05) is 12.8 Å². The molecule has 0 spiro atoms. The lowest BCUT2D eigenvalue weighted by Gasteiger charge is -2.36. The zero-order valence-corrected chi connectivity index (χ0v) is 20.4. The Hall–Kier alpha value is -2.36. The zero-order chi connectivity index (χ0) is 25.0. The minimum absolute atomic E-state index is 0.0720. The van der Waals surface area contributed by atoms with Gasteiger partial charge in [0.1, 0.15) is 5.69 Å². The molecule has 1 aromatic heterocycles. The molecule has 0 aromatic carbocycles. The van der Waals surface area contributed by atoms with E-state index in [-0.39, 0.29) is 18.9 Å². The van der Waals surface area contributed by atoms with Crippen LogP contribution in [-0.4, -0.2) is 78.8 Å². The maximum atomic E-state index is 13.3. The number of carbonyl (C=O) groups is 2. The van der Waals surface area contributed by atoms with E-state index in [0.717, 1.165) is 57.3 Å². The lowest BCUT2D eigenvalue weighted by atomic mass is 9.85. The van der Waals surface area contributed by atoms with Crippen LogP contribution in [0.2, 0.25) is 0 Å². The van der Waals surface area contributed by atoms with Gasteiger partial charge < -0.3 is 20.1 Å². The van der Waals surface area contributed by atoms with Crippen LogP contribution in [0.25, 0.3) is 0 Å². The molecule has 0 bridgehead atoms. The van der Waals surface area contributed by atoms with Crippen molar-refractivity contribution in [2.75, 3.05) is 39.8 Å². The highest BCUT2D eigenvalue weighted by atomic mass is 19.4. The van der Waals surface area contributed by atoms with Gasteiger partial charge in [-0.2, -0.15) is 13.2 Å². The number of likely N-dealkylation sites (tertiary alicyclic amines) is 1. The molecular weight excluding hydrogens is 459 g/mol. The smallest absolute Gasteiger partial charge is 0.354 e. The highest BCUT2D eigenvalue weighted by Gasteiger charge is 2.48. The van der Waals surface area contributed by atoms with E-state index < -0.39 is 23.9 Å². The Kier molecular flexibility index (Phi) is 8.19. The summed E-state index contributed by atoms with van der Waals surface area (Å²) in [6.07, 6.45) is 2.10. The van der Waals surface area contributed by atoms with Crippen LogP contribution in [0.3, 0.4) is 0 Å². The number of nitrogens with one attached hydrogen (secondary N) is 2. The summed E-state index contributed by atoms with van der Waals surface area (Å²) in [6.45, 7) is 3.59. The molecule has 0 saturated carbocycles. The van der Waals surface area contributed by atoms with Crippen LogP contribution in [0.15, 0.2) is 11.1 Å². The van der Waals surface area contributed by atoms with Gasteiger partial charge in [0.05, 0.1) is 11.8 Å². The number of unbranched alkanes of at least 4 members (excludes halogenated alkanes) is 1. The monoisotopic (exact) mass is 495 g/mol. The number of rotatable bonds is 7. The molecule has 1 saturated heterocycles. The number of aromatic amines is 1. The van der Waals surface area contributed by atoms with E-state index in [0.29, 0.717) is 31.2 Å². The molecule has 194 valence electrons. The quantitative estimate of drug-likeness (QED) is 0.569. The van der Waals surface area contributed by atoms with Crippen LogP contribution in [0.5, 0.6) is 0 Å². The van der Waals surface area contributed by atoms with Crippen LogP contribution in [-0.2, 0) is 17.8 Å². The molecule has 35 heavy (non-hydrogen) atoms. The molecule has 4 heterocycles. The fourth-order valence-electron chi connectivity index (χ4n) is 5.50. The van der Waals surface area contributed by atoms with E-state index in [2.05, 4.69) is 27.2 Å². The topological polar surface area (TPSA) is 80.8 Å². The Morgan fingerprint density at radius 3 is 2.69 bits per heavy atom. The SMILES string of the molecule is CN1CCc2[nH]c(C(=O)NCCCCC3CCN(C(=O)C4C=NCCC4C(F)(F)F)CC3)cc2C1. The second-order valence-electron chi connectivity index (χ2n) is 10.2. The van der Waals surface area contributed by atoms with Crippen LogP contribution in [0.1, 0.15) is 60.3 Å². The van der Waals surface area contributed by atoms with Crippen LogP contribution >= 0.6 is 0 Å². The van der Waals surface area contributed by atoms with Crippen molar-refractivity contribution >= 4 is 18.0 Å². The van der Waals surface area contributed by atoms with Crippen molar-refractivity contribution in [2.24, 2.45) is 22.7 Å². The largest absolute Gasteiger partial charge is 0.393 e. The van der Waals surface area contributed by atoms with E-state index in [1.54, 1.807) is 4.90 Å². The number of fused-ring (bicyclic) bond motifs is 1. The van der Waals surface area contributed by atoms with Crippen LogP contribution < -0.4 is 5.32 Å². The van der Waals surface area contributed by atoms with Crippen LogP contribution in [0.4, 0.5) is 13.2 Å². The third-order valence-corrected chi connectivity index (χ3v) is 7.65. The Labute approximate surface area is 204 Å². The lowest BCUT2D eigenvalue weighted by Crippen LogP contribution is -2.48. The molecule has 7 nitrogen and oxygen atoms in total. The van der Waals surface area contributed by atoms with Gasteiger partial charge in [-0.3, -0.25) is 14.6 Å². The third-order valence-electron chi connectivity index (χ3n) is 7.65. The van der Waals surface area contributed by atoms with Gasteiger partial charge >= 0.3 is 6.18 Å². The number of hydrogen-bond acceptors (Lipinski definition) is 4. The van der Waals surface area contributed by atoms with Crippen molar-refractivity contribution in [1.82, 2.24) is 20.1 Å². The normalized spacial score (nSPS) is 23.8. The zero-order valence-electron chi connectivity index (χ0n) is 20.4. The fraction of sp³-hybridized carbons (Fsp3) is 0.720. The summed E-state index contributed by atoms with van der Waals surface area (Å²) in [5, 5.41) is 2.99. The molecule has 2 N–H and O–H groups in total. The minimum atomic E-state index is -4.38. The Morgan fingerprint density at radius 2 is 1.94 bits per heavy atom. The Morgan fingerprint density at radius 1 is 1.17 bits per heavy atom. The summed E-state index contributed by atoms with van der Waals surface area (Å²) in [4.78, 5) is 36.3. The molecule has 4 rings (SSSR count). The number of hydrogen-bond donors (Lipinski definition) is 2. The van der Waals surface area contributed by atoms with E-state index in [4.69, 9.17) is 0 Å². The number of aliphatic imine (C=N–C) groups is 1. The number of nitrogens with zero attached hydrogens (tertiary/aromatic N) is 3. The predicted molar refractivity (Wildman–Crippen MR) is 127 cm³/mol. The molecule has 2 atom stereocenters. The number of likely N-dealkylation sites (N-methyl/N-ethyl adjacent to an activating group) is 1. The van der Waals surface area contributed by atoms with Gasteiger partial charge in [-0.05, 0) is 50.3 Å². The van der Waals surface area contributed by atoms with Crippen molar-refractivity contribution in [3.05, 3.63) is 23.0 Å². The molecule has 3 aliphatic rings. The summed E-state index contributed by atoms with van der Waals surface area (Å²) in [5.74, 6) is -2.86. The predicted octanol–water partition coefficient (Wildman–Crippen LogP) is 3.41. The van der Waals surface area contributed by atoms with Gasteiger partial charge in [-0.25, -0.2) is 0 Å².